The summed E-state index contributed by atoms with van der Waals surface area (Å²) in [5.41, 5.74) is 8.76. The zero-order chi connectivity index (χ0) is 18.7. The lowest BCUT2D eigenvalue weighted by Gasteiger charge is -2.27. The number of fused-ring (bicyclic) bond motifs is 1. The van der Waals surface area contributed by atoms with Crippen molar-refractivity contribution in [2.75, 3.05) is 19.3 Å². The first-order valence-electron chi connectivity index (χ1n) is 8.57. The van der Waals surface area contributed by atoms with Gasteiger partial charge in [0.2, 0.25) is 15.9 Å². The number of hydrogen-bond acceptors (Lipinski definition) is 4. The maximum atomic E-state index is 12.5. The molecular weight excluding hydrogens is 350 g/mol. The molecule has 6 nitrogen and oxygen atoms in total. The minimum atomic E-state index is -3.69. The van der Waals surface area contributed by atoms with Crippen LogP contribution in [0.25, 0.3) is 0 Å². The van der Waals surface area contributed by atoms with Crippen LogP contribution in [-0.4, -0.2) is 32.2 Å². The third kappa shape index (κ3) is 3.89. The third-order valence-corrected chi connectivity index (χ3v) is 6.45. The molecule has 0 heterocycles. The summed E-state index contributed by atoms with van der Waals surface area (Å²) in [6.45, 7) is -0.224. The van der Waals surface area contributed by atoms with Gasteiger partial charge in [0.1, 0.15) is 0 Å². The van der Waals surface area contributed by atoms with Crippen molar-refractivity contribution in [2.45, 2.75) is 30.2 Å². The number of benzene rings is 2. The SMILES string of the molecule is CN(CC(=O)NC1CCCc2cc(N)ccc21)S(=O)(=O)c1ccccc1. The van der Waals surface area contributed by atoms with Gasteiger partial charge < -0.3 is 11.1 Å². The van der Waals surface area contributed by atoms with Crippen LogP contribution in [0.15, 0.2) is 53.4 Å². The van der Waals surface area contributed by atoms with Gasteiger partial charge in [-0.1, -0.05) is 24.3 Å². The van der Waals surface area contributed by atoms with Gasteiger partial charge in [0.05, 0.1) is 17.5 Å². The van der Waals surface area contributed by atoms with Crippen molar-refractivity contribution in [3.05, 3.63) is 59.7 Å². The first kappa shape index (κ1) is 18.4. The molecule has 26 heavy (non-hydrogen) atoms. The van der Waals surface area contributed by atoms with Crippen molar-refractivity contribution in [3.8, 4) is 0 Å². The summed E-state index contributed by atoms with van der Waals surface area (Å²) in [6, 6.07) is 13.7. The highest BCUT2D eigenvalue weighted by molar-refractivity contribution is 7.89. The Morgan fingerprint density at radius 2 is 1.96 bits per heavy atom. The number of sulfonamides is 1. The number of rotatable bonds is 5. The van der Waals surface area contributed by atoms with E-state index in [1.807, 2.05) is 18.2 Å². The molecule has 0 aromatic heterocycles. The second-order valence-electron chi connectivity index (χ2n) is 6.54. The third-order valence-electron chi connectivity index (χ3n) is 4.63. The molecule has 138 valence electrons. The number of hydrogen-bond donors (Lipinski definition) is 2. The number of nitrogens with one attached hydrogen (secondary N) is 1. The molecule has 0 saturated heterocycles. The van der Waals surface area contributed by atoms with E-state index in [-0.39, 0.29) is 23.4 Å². The number of nitrogens with two attached hydrogens (primary N) is 1. The molecule has 0 radical (unpaired) electrons. The maximum Gasteiger partial charge on any atom is 0.243 e. The fraction of sp³-hybridized carbons (Fsp3) is 0.316. The Balaban J connectivity index is 1.68. The lowest BCUT2D eigenvalue weighted by Crippen LogP contribution is -2.40. The predicted octanol–water partition coefficient (Wildman–Crippen LogP) is 2.08. The number of nitrogen functional groups attached to an aromatic ring is 1. The molecule has 2 aromatic carbocycles. The highest BCUT2D eigenvalue weighted by Crippen LogP contribution is 2.31. The molecule has 0 aliphatic heterocycles. The average molecular weight is 373 g/mol. The zero-order valence-corrected chi connectivity index (χ0v) is 15.5. The fourth-order valence-corrected chi connectivity index (χ4v) is 4.43. The summed E-state index contributed by atoms with van der Waals surface area (Å²) < 4.78 is 26.1. The van der Waals surface area contributed by atoms with Crippen LogP contribution in [0.3, 0.4) is 0 Å². The summed E-state index contributed by atoms with van der Waals surface area (Å²) in [7, 11) is -2.27. The highest BCUT2D eigenvalue weighted by atomic mass is 32.2. The molecule has 3 rings (SSSR count). The van der Waals surface area contributed by atoms with E-state index >= 15 is 0 Å². The number of amides is 1. The van der Waals surface area contributed by atoms with Gasteiger partial charge in [-0.25, -0.2) is 8.42 Å². The summed E-state index contributed by atoms with van der Waals surface area (Å²) in [5, 5.41) is 2.96. The van der Waals surface area contributed by atoms with Crippen molar-refractivity contribution in [2.24, 2.45) is 0 Å². The van der Waals surface area contributed by atoms with Crippen molar-refractivity contribution < 1.29 is 13.2 Å². The molecule has 1 aliphatic rings. The smallest absolute Gasteiger partial charge is 0.243 e. The summed E-state index contributed by atoms with van der Waals surface area (Å²) in [6.07, 6.45) is 2.73. The quantitative estimate of drug-likeness (QED) is 0.785. The molecule has 0 saturated carbocycles. The lowest BCUT2D eigenvalue weighted by molar-refractivity contribution is -0.122. The Kier molecular flexibility index (Phi) is 5.29. The number of likely N-dealkylation sites (N-methyl/N-ethyl adjacent to an activating group) is 1. The topological polar surface area (TPSA) is 92.5 Å². The highest BCUT2D eigenvalue weighted by Gasteiger charge is 2.26. The molecule has 1 unspecified atom stereocenters. The molecule has 3 N–H and O–H groups in total. The fourth-order valence-electron chi connectivity index (χ4n) is 3.28. The van der Waals surface area contributed by atoms with Gasteiger partial charge in [-0.2, -0.15) is 4.31 Å². The number of nitrogens with zero attached hydrogens (tertiary/aromatic N) is 1. The van der Waals surface area contributed by atoms with Crippen LogP contribution in [0.2, 0.25) is 0 Å². The van der Waals surface area contributed by atoms with E-state index in [2.05, 4.69) is 5.32 Å². The lowest BCUT2D eigenvalue weighted by atomic mass is 9.87. The maximum absolute atomic E-state index is 12.5. The van der Waals surface area contributed by atoms with Gasteiger partial charge in [-0.15, -0.1) is 0 Å². The summed E-state index contributed by atoms with van der Waals surface area (Å²) >= 11 is 0. The van der Waals surface area contributed by atoms with Gasteiger partial charge in [0, 0.05) is 12.7 Å². The second-order valence-corrected chi connectivity index (χ2v) is 8.59. The van der Waals surface area contributed by atoms with Crippen molar-refractivity contribution in [1.29, 1.82) is 0 Å². The molecule has 1 atom stereocenters. The van der Waals surface area contributed by atoms with Crippen molar-refractivity contribution >= 4 is 21.6 Å². The average Bonchev–Trinajstić information content (AvgIpc) is 2.62. The minimum Gasteiger partial charge on any atom is -0.399 e. The standard InChI is InChI=1S/C19H23N3O3S/c1-22(26(24,25)16-7-3-2-4-8-16)13-19(23)21-18-9-5-6-14-12-15(20)10-11-17(14)18/h2-4,7-8,10-12,18H,5-6,9,13,20H2,1H3,(H,21,23). The molecular formula is C19H23N3O3S. The van der Waals surface area contributed by atoms with E-state index in [1.165, 1.54) is 19.2 Å². The van der Waals surface area contributed by atoms with Crippen LogP contribution in [0, 0.1) is 0 Å². The Hall–Kier alpha value is -2.38. The van der Waals surface area contributed by atoms with Crippen LogP contribution in [0.1, 0.15) is 30.0 Å². The van der Waals surface area contributed by atoms with Gasteiger partial charge >= 0.3 is 0 Å². The zero-order valence-electron chi connectivity index (χ0n) is 14.7. The predicted molar refractivity (Wildman–Crippen MR) is 101 cm³/mol. The normalized spacial score (nSPS) is 16.9. The summed E-state index contributed by atoms with van der Waals surface area (Å²) in [5.74, 6) is -0.318. The molecule has 0 fully saturated rings. The van der Waals surface area contributed by atoms with Crippen LogP contribution in [0.5, 0.6) is 0 Å². The van der Waals surface area contributed by atoms with Crippen LogP contribution < -0.4 is 11.1 Å². The molecule has 0 bridgehead atoms. The molecule has 7 heteroatoms. The Labute approximate surface area is 154 Å². The van der Waals surface area contributed by atoms with Gasteiger partial charge in [0.25, 0.3) is 0 Å². The molecule has 1 aliphatic carbocycles. The number of anilines is 1. The van der Waals surface area contributed by atoms with Crippen LogP contribution in [-0.2, 0) is 21.2 Å². The van der Waals surface area contributed by atoms with Gasteiger partial charge in [0.15, 0.2) is 0 Å². The van der Waals surface area contributed by atoms with E-state index < -0.39 is 10.0 Å². The monoisotopic (exact) mass is 373 g/mol. The minimum absolute atomic E-state index is 0.111. The van der Waals surface area contributed by atoms with Crippen LogP contribution >= 0.6 is 0 Å². The van der Waals surface area contributed by atoms with E-state index in [9.17, 15) is 13.2 Å². The second kappa shape index (κ2) is 7.47. The Morgan fingerprint density at radius 1 is 1.23 bits per heavy atom. The molecule has 2 aromatic rings. The summed E-state index contributed by atoms with van der Waals surface area (Å²) in [4.78, 5) is 12.6. The first-order valence-corrected chi connectivity index (χ1v) is 10.0. The Bertz CT molecular complexity index is 898. The van der Waals surface area contributed by atoms with Crippen molar-refractivity contribution in [3.63, 3.8) is 0 Å². The number of carbonyl (C=O) groups is 1. The largest absolute Gasteiger partial charge is 0.399 e. The van der Waals surface area contributed by atoms with Gasteiger partial charge in [-0.3, -0.25) is 4.79 Å². The van der Waals surface area contributed by atoms with E-state index in [0.717, 1.165) is 34.7 Å². The van der Waals surface area contributed by atoms with Gasteiger partial charge in [-0.05, 0) is 54.7 Å². The first-order chi connectivity index (χ1) is 12.4. The van der Waals surface area contributed by atoms with Crippen molar-refractivity contribution in [1.82, 2.24) is 9.62 Å². The molecule has 0 spiro atoms. The van der Waals surface area contributed by atoms with E-state index in [0.29, 0.717) is 5.69 Å². The van der Waals surface area contributed by atoms with Crippen LogP contribution in [0.4, 0.5) is 5.69 Å². The number of aryl methyl sites for hydroxylation is 1. The Morgan fingerprint density at radius 3 is 2.69 bits per heavy atom. The molecule has 1 amide bonds. The van der Waals surface area contributed by atoms with E-state index in [4.69, 9.17) is 5.73 Å². The number of carbonyl (C=O) groups excluding carboxylic acids is 1. The van der Waals surface area contributed by atoms with E-state index in [1.54, 1.807) is 18.2 Å².